The maximum atomic E-state index is 13.9. The summed E-state index contributed by atoms with van der Waals surface area (Å²) in [5.41, 5.74) is 8.17. The first-order valence-corrected chi connectivity index (χ1v) is 14.0. The summed E-state index contributed by atoms with van der Waals surface area (Å²) in [5.74, 6) is -1.36. The van der Waals surface area contributed by atoms with Crippen LogP contribution in [0.3, 0.4) is 0 Å². The molecule has 1 heterocycles. The summed E-state index contributed by atoms with van der Waals surface area (Å²) in [6.07, 6.45) is -0.122. The number of nitrogens with two attached hydrogens (primary N) is 1. The summed E-state index contributed by atoms with van der Waals surface area (Å²) in [4.78, 5) is 27.3. The second-order valence-electron chi connectivity index (χ2n) is 9.37. The summed E-state index contributed by atoms with van der Waals surface area (Å²) in [7, 11) is -1.41. The lowest BCUT2D eigenvalue weighted by Gasteiger charge is -2.28. The maximum Gasteiger partial charge on any atom is 0.331 e. The number of hydrogen-bond acceptors (Lipinski definition) is 7. The van der Waals surface area contributed by atoms with Gasteiger partial charge in [0, 0.05) is 24.2 Å². The first-order valence-electron chi connectivity index (χ1n) is 12.6. The highest BCUT2D eigenvalue weighted by Gasteiger charge is 2.41. The number of benzene rings is 3. The summed E-state index contributed by atoms with van der Waals surface area (Å²) in [5, 5.41) is 17.7. The van der Waals surface area contributed by atoms with Gasteiger partial charge in [-0.3, -0.25) is 10.2 Å². The van der Waals surface area contributed by atoms with Crippen LogP contribution < -0.4 is 24.7 Å². The van der Waals surface area contributed by atoms with Crippen LogP contribution in [0.15, 0.2) is 66.7 Å². The minimum absolute atomic E-state index is 0.00608. The van der Waals surface area contributed by atoms with Crippen LogP contribution in [0.2, 0.25) is 0 Å². The molecule has 2 atom stereocenters. The second kappa shape index (κ2) is 12.4. The highest BCUT2D eigenvalue weighted by molar-refractivity contribution is 7.87. The topological polar surface area (TPSA) is 184 Å². The van der Waals surface area contributed by atoms with Crippen LogP contribution in [0, 0.1) is 5.41 Å². The first-order chi connectivity index (χ1) is 19.5. The number of nitrogens with one attached hydrogen (secondary N) is 3. The minimum Gasteiger partial charge on any atom is -0.493 e. The summed E-state index contributed by atoms with van der Waals surface area (Å²) < 4.78 is 42.0. The lowest BCUT2D eigenvalue weighted by molar-refractivity contribution is -0.150. The highest BCUT2D eigenvalue weighted by atomic mass is 32.2. The number of carboxylic acid groups (broad SMARTS) is 1. The zero-order valence-corrected chi connectivity index (χ0v) is 23.3. The number of carbonyl (C=O) groups is 2. The fourth-order valence-corrected chi connectivity index (χ4v) is 5.82. The Morgan fingerprint density at radius 3 is 2.51 bits per heavy atom. The molecule has 4 rings (SSSR count). The van der Waals surface area contributed by atoms with Crippen LogP contribution >= 0.6 is 0 Å². The molecule has 1 aliphatic rings. The molecule has 0 aliphatic carbocycles. The molecule has 0 saturated heterocycles. The van der Waals surface area contributed by atoms with E-state index in [1.807, 2.05) is 0 Å². The number of aliphatic carboxylic acids is 1. The maximum absolute atomic E-state index is 13.9. The Labute approximate surface area is 237 Å². The predicted molar refractivity (Wildman–Crippen MR) is 151 cm³/mol. The molecule has 3 aromatic rings. The van der Waals surface area contributed by atoms with E-state index in [1.165, 1.54) is 14.2 Å². The zero-order valence-electron chi connectivity index (χ0n) is 22.5. The molecule has 13 heteroatoms. The summed E-state index contributed by atoms with van der Waals surface area (Å²) in [6.45, 7) is -0.171. The van der Waals surface area contributed by atoms with Gasteiger partial charge in [-0.25, -0.2) is 4.79 Å². The Kier molecular flexibility index (Phi) is 8.91. The molecule has 0 radical (unpaired) electrons. The molecule has 41 heavy (non-hydrogen) atoms. The van der Waals surface area contributed by atoms with Crippen LogP contribution in [0.25, 0.3) is 0 Å². The van der Waals surface area contributed by atoms with E-state index in [4.69, 9.17) is 20.6 Å². The van der Waals surface area contributed by atoms with Crippen LogP contribution in [-0.2, 0) is 39.3 Å². The molecule has 6 N–H and O–H groups in total. The normalized spacial score (nSPS) is 15.2. The van der Waals surface area contributed by atoms with Crippen molar-refractivity contribution < 1.29 is 32.6 Å². The Balaban J connectivity index is 1.63. The highest BCUT2D eigenvalue weighted by Crippen LogP contribution is 2.35. The van der Waals surface area contributed by atoms with Crippen molar-refractivity contribution in [3.8, 4) is 11.5 Å². The summed E-state index contributed by atoms with van der Waals surface area (Å²) in [6, 6.07) is 15.7. The third-order valence-electron chi connectivity index (χ3n) is 6.73. The minimum atomic E-state index is -4.31. The van der Waals surface area contributed by atoms with E-state index in [2.05, 4.69) is 9.44 Å². The molecular weight excluding hydrogens is 550 g/mol. The van der Waals surface area contributed by atoms with Crippen molar-refractivity contribution in [1.29, 1.82) is 5.41 Å². The Bertz CT molecular complexity index is 1580. The van der Waals surface area contributed by atoms with Gasteiger partial charge in [-0.15, -0.1) is 0 Å². The number of amides is 1. The monoisotopic (exact) mass is 581 g/mol. The van der Waals surface area contributed by atoms with Crippen molar-refractivity contribution in [3.63, 3.8) is 0 Å². The average molecular weight is 582 g/mol. The number of carbonyl (C=O) groups excluding carboxylic acids is 1. The number of nitrogens with zero attached hydrogens (tertiary/aromatic N) is 1. The lowest BCUT2D eigenvalue weighted by Crippen LogP contribution is -2.52. The Hall–Kier alpha value is -4.46. The van der Waals surface area contributed by atoms with E-state index in [0.717, 1.165) is 4.90 Å². The van der Waals surface area contributed by atoms with E-state index in [-0.39, 0.29) is 25.3 Å². The largest absolute Gasteiger partial charge is 0.493 e. The second-order valence-corrected chi connectivity index (χ2v) is 10.9. The molecule has 0 fully saturated rings. The zero-order chi connectivity index (χ0) is 29.7. The first kappa shape index (κ1) is 29.5. The van der Waals surface area contributed by atoms with E-state index >= 15 is 0 Å². The number of carboxylic acids is 1. The molecular formula is C28H31N5O7S. The quantitative estimate of drug-likeness (QED) is 0.158. The van der Waals surface area contributed by atoms with E-state index in [1.54, 1.807) is 66.7 Å². The van der Waals surface area contributed by atoms with Crippen molar-refractivity contribution in [1.82, 2.24) is 14.3 Å². The van der Waals surface area contributed by atoms with Crippen molar-refractivity contribution in [3.05, 3.63) is 94.5 Å². The average Bonchev–Trinajstić information content (AvgIpc) is 3.35. The number of hydrogen-bond donors (Lipinski definition) is 5. The third kappa shape index (κ3) is 6.65. The number of para-hydroxylation sites is 1. The fourth-order valence-electron chi connectivity index (χ4n) is 4.83. The predicted octanol–water partition coefficient (Wildman–Crippen LogP) is 1.69. The van der Waals surface area contributed by atoms with Crippen LogP contribution in [0.5, 0.6) is 11.5 Å². The van der Waals surface area contributed by atoms with E-state index in [0.29, 0.717) is 39.3 Å². The lowest BCUT2D eigenvalue weighted by atomic mass is 10.0. The van der Waals surface area contributed by atoms with Gasteiger partial charge in [0.2, 0.25) is 5.91 Å². The van der Waals surface area contributed by atoms with Crippen LogP contribution in [-0.4, -0.2) is 56.4 Å². The molecule has 0 aromatic heterocycles. The molecule has 0 spiro atoms. The van der Waals surface area contributed by atoms with Gasteiger partial charge in [0.25, 0.3) is 10.2 Å². The molecule has 1 amide bonds. The number of methoxy groups -OCH3 is 2. The van der Waals surface area contributed by atoms with Crippen LogP contribution in [0.1, 0.15) is 33.9 Å². The fraction of sp³-hybridized carbons (Fsp3) is 0.250. The molecule has 2 unspecified atom stereocenters. The van der Waals surface area contributed by atoms with E-state index in [9.17, 15) is 23.1 Å². The number of fused-ring (bicyclic) bond motifs is 1. The van der Waals surface area contributed by atoms with Gasteiger partial charge in [-0.1, -0.05) is 54.6 Å². The van der Waals surface area contributed by atoms with Gasteiger partial charge in [-0.2, -0.15) is 17.9 Å². The number of nitrogen functional groups attached to an aromatic ring is 1. The molecule has 0 saturated carbocycles. The number of rotatable bonds is 12. The van der Waals surface area contributed by atoms with Gasteiger partial charge in [0.15, 0.2) is 17.5 Å². The molecule has 12 nitrogen and oxygen atoms in total. The van der Waals surface area contributed by atoms with Gasteiger partial charge in [0.05, 0.1) is 14.2 Å². The van der Waals surface area contributed by atoms with Gasteiger partial charge in [0.1, 0.15) is 11.9 Å². The smallest absolute Gasteiger partial charge is 0.331 e. The van der Waals surface area contributed by atoms with Gasteiger partial charge >= 0.3 is 5.97 Å². The van der Waals surface area contributed by atoms with Gasteiger partial charge in [-0.05, 0) is 35.2 Å². The molecule has 3 aromatic carbocycles. The van der Waals surface area contributed by atoms with Crippen molar-refractivity contribution in [2.45, 2.75) is 31.6 Å². The number of ether oxygens (including phenoxy) is 2. The van der Waals surface area contributed by atoms with Crippen molar-refractivity contribution in [2.24, 2.45) is 5.73 Å². The summed E-state index contributed by atoms with van der Waals surface area (Å²) >= 11 is 0. The standard InChI is InChI=1S/C28H31N5O7S/c1-39-23-12-6-10-19(25(23)40-2)15-31-41(37,38)32-22(14-17-7-5-9-18(13-17)26(29)30)27(34)33-16-20-8-3-4-11-21(20)24(33)28(35)36/h3-13,22,24,31-32H,14-16H2,1-2H3,(H3,29,30)(H,35,36). The van der Waals surface area contributed by atoms with E-state index < -0.39 is 34.2 Å². The Morgan fingerprint density at radius 1 is 1.10 bits per heavy atom. The van der Waals surface area contributed by atoms with Crippen molar-refractivity contribution >= 4 is 27.9 Å². The number of amidine groups is 1. The Morgan fingerprint density at radius 2 is 1.83 bits per heavy atom. The molecule has 0 bridgehead atoms. The molecule has 216 valence electrons. The van der Waals surface area contributed by atoms with Gasteiger partial charge < -0.3 is 25.2 Å². The third-order valence-corrected chi connectivity index (χ3v) is 7.85. The SMILES string of the molecule is COc1cccc(CNS(=O)(=O)NC(Cc2cccc(C(=N)N)c2)C(=O)N2Cc3ccccc3C2C(=O)O)c1OC. The molecule has 1 aliphatic heterocycles. The van der Waals surface area contributed by atoms with Crippen LogP contribution in [0.4, 0.5) is 0 Å². The van der Waals surface area contributed by atoms with Crippen molar-refractivity contribution in [2.75, 3.05) is 14.2 Å².